The number of carbonyl (C=O) groups excluding carboxylic acids is 1. The van der Waals surface area contributed by atoms with Crippen LogP contribution in [0.3, 0.4) is 0 Å². The summed E-state index contributed by atoms with van der Waals surface area (Å²) in [5.41, 5.74) is 2.10. The van der Waals surface area contributed by atoms with Crippen LogP contribution in [-0.4, -0.2) is 65.8 Å². The number of sulfonamides is 1. The Morgan fingerprint density at radius 3 is 2.59 bits per heavy atom. The van der Waals surface area contributed by atoms with E-state index in [-0.39, 0.29) is 30.4 Å². The van der Waals surface area contributed by atoms with Crippen LogP contribution >= 0.6 is 0 Å². The second-order valence-electron chi connectivity index (χ2n) is 8.13. The number of aromatic nitrogens is 2. The second-order valence-corrected chi connectivity index (χ2v) is 10.1. The van der Waals surface area contributed by atoms with Crippen molar-refractivity contribution in [3.63, 3.8) is 0 Å². The number of carbonyl (C=O) groups is 1. The first kappa shape index (κ1) is 23.7. The van der Waals surface area contributed by atoms with E-state index in [1.165, 1.54) is 22.8 Å². The molecule has 0 bridgehead atoms. The number of nitrogens with zero attached hydrogens (tertiary/aromatic N) is 5. The molecule has 0 aliphatic carbocycles. The monoisotopic (exact) mass is 482 g/mol. The normalized spacial score (nSPS) is 15.2. The Kier molecular flexibility index (Phi) is 6.83. The number of hydrogen-bond acceptors (Lipinski definition) is 7. The highest BCUT2D eigenvalue weighted by molar-refractivity contribution is 7.89. The molecule has 1 fully saturated rings. The van der Waals surface area contributed by atoms with Gasteiger partial charge in [-0.15, -0.1) is 0 Å². The maximum atomic E-state index is 12.9. The molecule has 34 heavy (non-hydrogen) atoms. The summed E-state index contributed by atoms with van der Waals surface area (Å²) in [4.78, 5) is 18.8. The molecule has 10 nitrogen and oxygen atoms in total. The zero-order chi connectivity index (χ0) is 24.3. The van der Waals surface area contributed by atoms with E-state index in [2.05, 4.69) is 16.4 Å². The van der Waals surface area contributed by atoms with Gasteiger partial charge in [-0.2, -0.15) is 9.57 Å². The van der Waals surface area contributed by atoms with Crippen LogP contribution in [0.5, 0.6) is 0 Å². The molecule has 0 unspecified atom stereocenters. The van der Waals surface area contributed by atoms with Crippen LogP contribution in [0.4, 0.5) is 5.82 Å². The number of anilines is 1. The minimum absolute atomic E-state index is 0.0929. The Balaban J connectivity index is 1.41. The first-order valence-corrected chi connectivity index (χ1v) is 12.3. The van der Waals surface area contributed by atoms with Crippen molar-refractivity contribution in [3.8, 4) is 6.07 Å². The molecule has 1 saturated heterocycles. The molecule has 178 valence electrons. The van der Waals surface area contributed by atoms with Gasteiger partial charge in [0.25, 0.3) is 0 Å². The molecule has 11 heteroatoms. The molecule has 1 aliphatic rings. The number of pyridine rings is 1. The minimum atomic E-state index is -3.61. The molecule has 0 aromatic carbocycles. The van der Waals surface area contributed by atoms with E-state index in [9.17, 15) is 18.5 Å². The number of piperazine rings is 1. The lowest BCUT2D eigenvalue weighted by molar-refractivity contribution is -0.117. The number of nitrogens with one attached hydrogen (secondary N) is 1. The number of nitriles is 1. The summed E-state index contributed by atoms with van der Waals surface area (Å²) in [5, 5.41) is 12.6. The molecule has 3 aromatic heterocycles. The van der Waals surface area contributed by atoms with Gasteiger partial charge in [0, 0.05) is 44.3 Å². The zero-order valence-electron chi connectivity index (χ0n) is 19.1. The lowest BCUT2D eigenvalue weighted by Crippen LogP contribution is -2.50. The first-order valence-electron chi connectivity index (χ1n) is 10.9. The molecule has 4 rings (SSSR count). The van der Waals surface area contributed by atoms with Gasteiger partial charge in [0.15, 0.2) is 0 Å². The number of rotatable bonds is 7. The number of amides is 1. The van der Waals surface area contributed by atoms with E-state index in [0.717, 1.165) is 11.3 Å². The van der Waals surface area contributed by atoms with E-state index >= 15 is 0 Å². The average Bonchev–Trinajstić information content (AvgIpc) is 3.43. The summed E-state index contributed by atoms with van der Waals surface area (Å²) in [7, 11) is -3.61. The average molecular weight is 483 g/mol. The van der Waals surface area contributed by atoms with Crippen LogP contribution in [0.2, 0.25) is 0 Å². The molecule has 0 radical (unpaired) electrons. The lowest BCUT2D eigenvalue weighted by Gasteiger charge is -2.33. The molecule has 3 aromatic rings. The summed E-state index contributed by atoms with van der Waals surface area (Å²) < 4.78 is 34.3. The van der Waals surface area contributed by atoms with Gasteiger partial charge in [-0.3, -0.25) is 14.7 Å². The van der Waals surface area contributed by atoms with Crippen molar-refractivity contribution in [2.45, 2.75) is 25.3 Å². The van der Waals surface area contributed by atoms with E-state index < -0.39 is 10.0 Å². The molecule has 0 saturated carbocycles. The Bertz CT molecular complexity index is 1300. The van der Waals surface area contributed by atoms with Crippen molar-refractivity contribution in [1.29, 1.82) is 5.26 Å². The van der Waals surface area contributed by atoms with Crippen molar-refractivity contribution in [3.05, 3.63) is 65.5 Å². The van der Waals surface area contributed by atoms with Crippen molar-refractivity contribution in [2.24, 2.45) is 0 Å². The van der Waals surface area contributed by atoms with Crippen LogP contribution in [0, 0.1) is 25.2 Å². The fourth-order valence-corrected chi connectivity index (χ4v) is 5.42. The van der Waals surface area contributed by atoms with Gasteiger partial charge in [-0.25, -0.2) is 8.42 Å². The maximum Gasteiger partial charge on any atom is 0.244 e. The van der Waals surface area contributed by atoms with Crippen molar-refractivity contribution >= 4 is 21.7 Å². The molecule has 1 amide bonds. The van der Waals surface area contributed by atoms with Gasteiger partial charge in [-0.05, 0) is 43.7 Å². The van der Waals surface area contributed by atoms with Crippen LogP contribution in [0.15, 0.2) is 52.2 Å². The summed E-state index contributed by atoms with van der Waals surface area (Å²) in [6.45, 7) is 5.63. The number of furan rings is 1. The van der Waals surface area contributed by atoms with Crippen LogP contribution in [0.1, 0.15) is 22.6 Å². The van der Waals surface area contributed by atoms with Gasteiger partial charge >= 0.3 is 0 Å². The standard InChI is InChI=1S/C23H26N6O4S/c1-17-18(2)29(15-19-5-4-12-33-19)23(21(17)13-24)26-22(30)16-27-8-10-28(11-9-27)34(31,32)20-6-3-7-25-14-20/h3-7,12,14H,8-11,15-16H2,1-2H3,(H,26,30). The molecule has 0 atom stereocenters. The summed E-state index contributed by atoms with van der Waals surface area (Å²) >= 11 is 0. The van der Waals surface area contributed by atoms with E-state index in [4.69, 9.17) is 4.42 Å². The SMILES string of the molecule is Cc1c(C#N)c(NC(=O)CN2CCN(S(=O)(=O)c3cccnc3)CC2)n(Cc2ccco2)c1C. The second kappa shape index (κ2) is 9.80. The van der Waals surface area contributed by atoms with Gasteiger partial charge in [0.05, 0.1) is 24.9 Å². The molecule has 1 aliphatic heterocycles. The van der Waals surface area contributed by atoms with E-state index in [1.807, 2.05) is 29.4 Å². The van der Waals surface area contributed by atoms with E-state index in [1.54, 1.807) is 18.4 Å². The lowest BCUT2D eigenvalue weighted by atomic mass is 10.2. The summed E-state index contributed by atoms with van der Waals surface area (Å²) in [6, 6.07) is 8.94. The zero-order valence-corrected chi connectivity index (χ0v) is 19.9. The quantitative estimate of drug-likeness (QED) is 0.546. The Morgan fingerprint density at radius 1 is 1.21 bits per heavy atom. The Morgan fingerprint density at radius 2 is 1.97 bits per heavy atom. The van der Waals surface area contributed by atoms with Crippen molar-refractivity contribution in [2.75, 3.05) is 38.0 Å². The third-order valence-corrected chi connectivity index (χ3v) is 7.95. The fraction of sp³-hybridized carbons (Fsp3) is 0.348. The van der Waals surface area contributed by atoms with Crippen LogP contribution < -0.4 is 5.32 Å². The van der Waals surface area contributed by atoms with Crippen LogP contribution in [0.25, 0.3) is 0 Å². The largest absolute Gasteiger partial charge is 0.467 e. The van der Waals surface area contributed by atoms with Crippen LogP contribution in [-0.2, 0) is 21.4 Å². The van der Waals surface area contributed by atoms with Crippen molar-refractivity contribution < 1.29 is 17.6 Å². The smallest absolute Gasteiger partial charge is 0.244 e. The topological polar surface area (TPSA) is 124 Å². The molecule has 0 spiro atoms. The predicted molar refractivity (Wildman–Crippen MR) is 124 cm³/mol. The molecule has 4 heterocycles. The Hall–Kier alpha value is -3.46. The first-order chi connectivity index (χ1) is 16.3. The number of hydrogen-bond donors (Lipinski definition) is 1. The van der Waals surface area contributed by atoms with E-state index in [0.29, 0.717) is 36.8 Å². The third-order valence-electron chi connectivity index (χ3n) is 6.06. The van der Waals surface area contributed by atoms with Gasteiger partial charge < -0.3 is 14.3 Å². The molecular formula is C23H26N6O4S. The van der Waals surface area contributed by atoms with Gasteiger partial charge in [-0.1, -0.05) is 0 Å². The Labute approximate surface area is 198 Å². The molecule has 1 N–H and O–H groups in total. The summed E-state index contributed by atoms with van der Waals surface area (Å²) in [6.07, 6.45) is 4.45. The van der Waals surface area contributed by atoms with Crippen molar-refractivity contribution in [1.82, 2.24) is 18.8 Å². The predicted octanol–water partition coefficient (Wildman–Crippen LogP) is 1.96. The van der Waals surface area contributed by atoms with Gasteiger partial charge in [0.1, 0.15) is 22.5 Å². The highest BCUT2D eigenvalue weighted by Gasteiger charge is 2.29. The maximum absolute atomic E-state index is 12.9. The third kappa shape index (κ3) is 4.75. The van der Waals surface area contributed by atoms with Gasteiger partial charge in [0.2, 0.25) is 15.9 Å². The minimum Gasteiger partial charge on any atom is -0.467 e. The highest BCUT2D eigenvalue weighted by atomic mass is 32.2. The molecular weight excluding hydrogens is 456 g/mol. The summed E-state index contributed by atoms with van der Waals surface area (Å²) in [5.74, 6) is 0.888. The highest BCUT2D eigenvalue weighted by Crippen LogP contribution is 2.27. The fourth-order valence-electron chi connectivity index (χ4n) is 4.04.